The summed E-state index contributed by atoms with van der Waals surface area (Å²) in [6.07, 6.45) is 2.41. The molecule has 1 aromatic rings. The van der Waals surface area contributed by atoms with Crippen LogP contribution in [0.2, 0.25) is 0 Å². The van der Waals surface area contributed by atoms with Crippen LogP contribution in [0.1, 0.15) is 12.0 Å². The van der Waals surface area contributed by atoms with Crippen molar-refractivity contribution in [2.24, 2.45) is 10.8 Å². The molecule has 0 amide bonds. The van der Waals surface area contributed by atoms with Gasteiger partial charge in [-0.1, -0.05) is 30.3 Å². The molecule has 1 rings (SSSR count). The first-order valence-corrected chi connectivity index (χ1v) is 5.38. The summed E-state index contributed by atoms with van der Waals surface area (Å²) in [6, 6.07) is 10.0. The lowest BCUT2D eigenvalue weighted by Crippen LogP contribution is -2.24. The summed E-state index contributed by atoms with van der Waals surface area (Å²) in [5.74, 6) is 0. The molecule has 16 heavy (non-hydrogen) atoms. The van der Waals surface area contributed by atoms with Gasteiger partial charge in [-0.25, -0.2) is 0 Å². The summed E-state index contributed by atoms with van der Waals surface area (Å²) in [7, 11) is 0. The van der Waals surface area contributed by atoms with Gasteiger partial charge in [0.25, 0.3) is 0 Å². The Hall–Kier alpha value is -1.46. The number of nitrogens with two attached hydrogens (primary N) is 1. The Morgan fingerprint density at radius 1 is 1.44 bits per heavy atom. The molecule has 0 fully saturated rings. The van der Waals surface area contributed by atoms with Crippen LogP contribution in [-0.4, -0.2) is 17.9 Å². The topological polar surface area (TPSA) is 59.6 Å². The Labute approximate surface area is 100 Å². The highest BCUT2D eigenvalue weighted by Crippen LogP contribution is 2.00. The van der Waals surface area contributed by atoms with E-state index in [1.165, 1.54) is 5.56 Å². The van der Waals surface area contributed by atoms with Crippen LogP contribution < -0.4 is 11.2 Å². The molecule has 0 aliphatic rings. The lowest BCUT2D eigenvalue weighted by molar-refractivity contribution is 0.128. The third-order valence-electron chi connectivity index (χ3n) is 1.77. The van der Waals surface area contributed by atoms with Gasteiger partial charge in [0.05, 0.1) is 13.2 Å². The van der Waals surface area contributed by atoms with Crippen LogP contribution in [-0.2, 0) is 11.3 Å². The fourth-order valence-electron chi connectivity index (χ4n) is 1.07. The van der Waals surface area contributed by atoms with Gasteiger partial charge in [-0.2, -0.15) is 5.10 Å². The minimum absolute atomic E-state index is 0.168. The molecule has 5 heteroatoms. The number of rotatable bonds is 6. The molecule has 0 unspecified atom stereocenters. The second kappa shape index (κ2) is 7.78. The molecule has 0 saturated carbocycles. The van der Waals surface area contributed by atoms with Crippen molar-refractivity contribution in [3.05, 3.63) is 35.9 Å². The molecule has 0 saturated heterocycles. The van der Waals surface area contributed by atoms with Crippen LogP contribution in [0.5, 0.6) is 0 Å². The van der Waals surface area contributed by atoms with Crippen molar-refractivity contribution < 1.29 is 4.74 Å². The van der Waals surface area contributed by atoms with Gasteiger partial charge in [-0.3, -0.25) is 5.43 Å². The van der Waals surface area contributed by atoms with Gasteiger partial charge in [0, 0.05) is 12.6 Å². The molecule has 0 aliphatic heterocycles. The zero-order chi connectivity index (χ0) is 11.6. The normalized spacial score (nSPS) is 10.5. The quantitative estimate of drug-likeness (QED) is 0.340. The molecule has 1 aromatic carbocycles. The van der Waals surface area contributed by atoms with Crippen LogP contribution in [0.25, 0.3) is 0 Å². The number of hydrogen-bond acceptors (Lipinski definition) is 3. The van der Waals surface area contributed by atoms with Gasteiger partial charge in [-0.15, -0.1) is 0 Å². The van der Waals surface area contributed by atoms with E-state index in [2.05, 4.69) is 22.7 Å². The van der Waals surface area contributed by atoms with Gasteiger partial charge >= 0.3 is 0 Å². The van der Waals surface area contributed by atoms with Crippen LogP contribution in [0.15, 0.2) is 35.4 Å². The van der Waals surface area contributed by atoms with Crippen molar-refractivity contribution in [3.63, 3.8) is 0 Å². The van der Waals surface area contributed by atoms with Gasteiger partial charge in [0.15, 0.2) is 5.11 Å². The van der Waals surface area contributed by atoms with Crippen LogP contribution in [0.3, 0.4) is 0 Å². The lowest BCUT2D eigenvalue weighted by atomic mass is 10.2. The van der Waals surface area contributed by atoms with E-state index in [1.807, 2.05) is 30.3 Å². The van der Waals surface area contributed by atoms with E-state index in [0.717, 1.165) is 6.42 Å². The summed E-state index contributed by atoms with van der Waals surface area (Å²) in [5.41, 5.74) is 8.83. The summed E-state index contributed by atoms with van der Waals surface area (Å²) >= 11 is 4.58. The standard InChI is InChI=1S/C11H15N3OS/c12-11(16)14-13-7-4-8-15-9-10-5-2-1-3-6-10/h1-3,5-7H,4,8-9H2,(H3,12,14,16). The molecule has 4 nitrogen and oxygen atoms in total. The highest BCUT2D eigenvalue weighted by atomic mass is 32.1. The molecule has 0 spiro atoms. The highest BCUT2D eigenvalue weighted by Gasteiger charge is 1.90. The maximum atomic E-state index is 5.44. The van der Waals surface area contributed by atoms with Crippen molar-refractivity contribution in [3.8, 4) is 0 Å². The molecular formula is C11H15N3OS. The van der Waals surface area contributed by atoms with E-state index in [4.69, 9.17) is 10.5 Å². The SMILES string of the molecule is NC(=S)NN=CCCOCc1ccccc1. The minimum atomic E-state index is 0.168. The van der Waals surface area contributed by atoms with Crippen molar-refractivity contribution in [2.45, 2.75) is 13.0 Å². The first kappa shape index (κ1) is 12.6. The molecule has 0 bridgehead atoms. The van der Waals surface area contributed by atoms with Crippen LogP contribution >= 0.6 is 12.2 Å². The van der Waals surface area contributed by atoms with E-state index in [-0.39, 0.29) is 5.11 Å². The number of ether oxygens (including phenoxy) is 1. The lowest BCUT2D eigenvalue weighted by Gasteiger charge is -2.01. The van der Waals surface area contributed by atoms with Gasteiger partial charge in [0.2, 0.25) is 0 Å². The summed E-state index contributed by atoms with van der Waals surface area (Å²) in [6.45, 7) is 1.24. The molecule has 0 aliphatic carbocycles. The van der Waals surface area contributed by atoms with Crippen molar-refractivity contribution in [2.75, 3.05) is 6.61 Å². The Morgan fingerprint density at radius 2 is 2.19 bits per heavy atom. The first-order chi connectivity index (χ1) is 7.79. The maximum Gasteiger partial charge on any atom is 0.184 e. The monoisotopic (exact) mass is 237 g/mol. The van der Waals surface area contributed by atoms with E-state index < -0.39 is 0 Å². The number of nitrogens with zero attached hydrogens (tertiary/aromatic N) is 1. The van der Waals surface area contributed by atoms with Gasteiger partial charge in [0.1, 0.15) is 0 Å². The average Bonchev–Trinajstić information content (AvgIpc) is 2.29. The predicted octanol–water partition coefficient (Wildman–Crippen LogP) is 1.41. The second-order valence-corrected chi connectivity index (χ2v) is 3.55. The number of benzene rings is 1. The third-order valence-corrected chi connectivity index (χ3v) is 1.86. The van der Waals surface area contributed by atoms with E-state index in [9.17, 15) is 0 Å². The first-order valence-electron chi connectivity index (χ1n) is 4.97. The second-order valence-electron chi connectivity index (χ2n) is 3.11. The Kier molecular flexibility index (Phi) is 6.13. The smallest absolute Gasteiger partial charge is 0.184 e. The maximum absolute atomic E-state index is 5.44. The largest absolute Gasteiger partial charge is 0.376 e. The molecule has 0 atom stereocenters. The molecular weight excluding hydrogens is 222 g/mol. The van der Waals surface area contributed by atoms with Crippen LogP contribution in [0, 0.1) is 0 Å². The molecule has 0 aromatic heterocycles. The Morgan fingerprint density at radius 3 is 2.88 bits per heavy atom. The molecule has 3 N–H and O–H groups in total. The summed E-state index contributed by atoms with van der Waals surface area (Å²) in [4.78, 5) is 0. The minimum Gasteiger partial charge on any atom is -0.376 e. The van der Waals surface area contributed by atoms with Crippen molar-refractivity contribution >= 4 is 23.5 Å². The van der Waals surface area contributed by atoms with Gasteiger partial charge < -0.3 is 10.5 Å². The average molecular weight is 237 g/mol. The summed E-state index contributed by atoms with van der Waals surface area (Å²) < 4.78 is 5.44. The number of nitrogens with one attached hydrogen (secondary N) is 1. The molecule has 0 heterocycles. The highest BCUT2D eigenvalue weighted by molar-refractivity contribution is 7.80. The third kappa shape index (κ3) is 6.10. The fraction of sp³-hybridized carbons (Fsp3) is 0.273. The van der Waals surface area contributed by atoms with E-state index >= 15 is 0 Å². The van der Waals surface area contributed by atoms with Crippen molar-refractivity contribution in [1.82, 2.24) is 5.43 Å². The number of hydrogen-bond donors (Lipinski definition) is 2. The fourth-order valence-corrected chi connectivity index (χ4v) is 1.13. The van der Waals surface area contributed by atoms with Crippen LogP contribution in [0.4, 0.5) is 0 Å². The summed E-state index contributed by atoms with van der Waals surface area (Å²) in [5, 5.41) is 3.96. The number of thiocarbonyl (C=S) groups is 1. The predicted molar refractivity (Wildman–Crippen MR) is 69.1 cm³/mol. The van der Waals surface area contributed by atoms with E-state index in [0.29, 0.717) is 13.2 Å². The zero-order valence-corrected chi connectivity index (χ0v) is 9.74. The molecule has 0 radical (unpaired) electrons. The zero-order valence-electron chi connectivity index (χ0n) is 8.93. The Bertz CT molecular complexity index is 340. The van der Waals surface area contributed by atoms with E-state index in [1.54, 1.807) is 6.21 Å². The Balaban J connectivity index is 2.04. The van der Waals surface area contributed by atoms with Gasteiger partial charge in [-0.05, 0) is 17.8 Å². The number of hydrazone groups is 1. The molecule has 86 valence electrons. The van der Waals surface area contributed by atoms with Crippen molar-refractivity contribution in [1.29, 1.82) is 0 Å².